The zero-order valence-electron chi connectivity index (χ0n) is 18.9. The molecule has 31 heavy (non-hydrogen) atoms. The van der Waals surface area contributed by atoms with Crippen molar-refractivity contribution in [3.8, 4) is 6.07 Å². The topological polar surface area (TPSA) is 98.3 Å². The van der Waals surface area contributed by atoms with Gasteiger partial charge in [0, 0.05) is 43.6 Å². The minimum absolute atomic E-state index is 0.0231. The first-order valence-electron chi connectivity index (χ1n) is 10.9. The summed E-state index contributed by atoms with van der Waals surface area (Å²) in [5.74, 6) is 0.616. The van der Waals surface area contributed by atoms with Gasteiger partial charge in [0.2, 0.25) is 5.91 Å². The Morgan fingerprint density at radius 1 is 1.35 bits per heavy atom. The summed E-state index contributed by atoms with van der Waals surface area (Å²) in [6, 6.07) is 11.9. The summed E-state index contributed by atoms with van der Waals surface area (Å²) in [6.45, 7) is 10.2. The standard InChI is InChI=1S/C24H32N6O/c1-5-29(20-8-6-7-16(2)11-20)24(31)22-13-19(27-10-9-25)15-30(22)23-21(14-26)17(3)12-18(4)28-23/h6-8,11-12,19,22,27H,5,9-10,13,15,25H2,1-4H3/t19-,22-/m1/s1. The summed E-state index contributed by atoms with van der Waals surface area (Å²) >= 11 is 0. The number of likely N-dealkylation sites (N-methyl/N-ethyl adjacent to an activating group) is 1. The first kappa shape index (κ1) is 22.7. The van der Waals surface area contributed by atoms with E-state index in [1.807, 2.05) is 67.8 Å². The largest absolute Gasteiger partial charge is 0.342 e. The van der Waals surface area contributed by atoms with Crippen molar-refractivity contribution in [3.05, 3.63) is 52.7 Å². The van der Waals surface area contributed by atoms with E-state index in [-0.39, 0.29) is 11.9 Å². The molecule has 7 heteroatoms. The summed E-state index contributed by atoms with van der Waals surface area (Å²) in [5.41, 5.74) is 9.92. The molecule has 1 aromatic carbocycles. The van der Waals surface area contributed by atoms with Crippen molar-refractivity contribution in [2.45, 2.75) is 46.2 Å². The number of nitrogens with zero attached hydrogens (tertiary/aromatic N) is 4. The number of rotatable bonds is 7. The number of aryl methyl sites for hydroxylation is 3. The second kappa shape index (κ2) is 9.90. The summed E-state index contributed by atoms with van der Waals surface area (Å²) in [5, 5.41) is 13.2. The highest BCUT2D eigenvalue weighted by molar-refractivity contribution is 5.99. The molecule has 1 aliphatic heterocycles. The lowest BCUT2D eigenvalue weighted by atomic mass is 10.1. The average molecular weight is 421 g/mol. The van der Waals surface area contributed by atoms with Crippen LogP contribution in [0.3, 0.4) is 0 Å². The van der Waals surface area contributed by atoms with Crippen LogP contribution in [-0.2, 0) is 4.79 Å². The number of nitrogens with two attached hydrogens (primary N) is 1. The lowest BCUT2D eigenvalue weighted by Gasteiger charge is -2.31. The van der Waals surface area contributed by atoms with Gasteiger partial charge in [-0.1, -0.05) is 12.1 Å². The Balaban J connectivity index is 2.01. The SMILES string of the molecule is CCN(C(=O)[C@H]1C[C@@H](NCCN)CN1c1nc(C)cc(C)c1C#N)c1cccc(C)c1. The Labute approximate surface area is 184 Å². The van der Waals surface area contributed by atoms with Gasteiger partial charge in [-0.3, -0.25) is 4.79 Å². The minimum Gasteiger partial charge on any atom is -0.342 e. The van der Waals surface area contributed by atoms with E-state index in [1.165, 1.54) is 0 Å². The highest BCUT2D eigenvalue weighted by Gasteiger charge is 2.40. The number of aromatic nitrogens is 1. The molecule has 2 heterocycles. The van der Waals surface area contributed by atoms with Gasteiger partial charge in [0.25, 0.3) is 0 Å². The first-order valence-corrected chi connectivity index (χ1v) is 10.9. The van der Waals surface area contributed by atoms with Crippen LogP contribution in [0, 0.1) is 32.1 Å². The third-order valence-corrected chi connectivity index (χ3v) is 5.77. The zero-order chi connectivity index (χ0) is 22.5. The monoisotopic (exact) mass is 420 g/mol. The molecule has 0 unspecified atom stereocenters. The summed E-state index contributed by atoms with van der Waals surface area (Å²) < 4.78 is 0. The van der Waals surface area contributed by atoms with Gasteiger partial charge >= 0.3 is 0 Å². The predicted molar refractivity (Wildman–Crippen MR) is 124 cm³/mol. The number of amides is 1. The van der Waals surface area contributed by atoms with Crippen molar-refractivity contribution >= 4 is 17.4 Å². The van der Waals surface area contributed by atoms with Gasteiger partial charge < -0.3 is 20.9 Å². The number of pyridine rings is 1. The van der Waals surface area contributed by atoms with E-state index in [4.69, 9.17) is 5.73 Å². The van der Waals surface area contributed by atoms with Crippen molar-refractivity contribution in [1.82, 2.24) is 10.3 Å². The van der Waals surface area contributed by atoms with Crippen LogP contribution in [0.4, 0.5) is 11.5 Å². The Kier molecular flexibility index (Phi) is 7.26. The smallest absolute Gasteiger partial charge is 0.249 e. The molecule has 2 atom stereocenters. The van der Waals surface area contributed by atoms with Gasteiger partial charge in [-0.25, -0.2) is 4.98 Å². The van der Waals surface area contributed by atoms with E-state index < -0.39 is 6.04 Å². The maximum absolute atomic E-state index is 13.8. The Morgan fingerprint density at radius 3 is 2.77 bits per heavy atom. The third kappa shape index (κ3) is 4.87. The molecule has 0 bridgehead atoms. The second-order valence-electron chi connectivity index (χ2n) is 8.16. The molecule has 0 spiro atoms. The number of nitriles is 1. The van der Waals surface area contributed by atoms with Gasteiger partial charge in [-0.05, 0) is 63.4 Å². The highest BCUT2D eigenvalue weighted by atomic mass is 16.2. The molecule has 3 N–H and O–H groups in total. The van der Waals surface area contributed by atoms with E-state index in [9.17, 15) is 10.1 Å². The Hall–Kier alpha value is -2.95. The molecule has 0 radical (unpaired) electrons. The fraction of sp³-hybridized carbons (Fsp3) is 0.458. The molecule has 7 nitrogen and oxygen atoms in total. The molecule has 164 valence electrons. The molecule has 1 fully saturated rings. The minimum atomic E-state index is -0.406. The third-order valence-electron chi connectivity index (χ3n) is 5.77. The van der Waals surface area contributed by atoms with Gasteiger partial charge in [0.15, 0.2) is 0 Å². The van der Waals surface area contributed by atoms with E-state index in [0.717, 1.165) is 22.5 Å². The van der Waals surface area contributed by atoms with Crippen LogP contribution in [0.2, 0.25) is 0 Å². The van der Waals surface area contributed by atoms with Crippen molar-refractivity contribution in [2.24, 2.45) is 5.73 Å². The molecule has 0 saturated carbocycles. The van der Waals surface area contributed by atoms with Crippen LogP contribution >= 0.6 is 0 Å². The fourth-order valence-corrected chi connectivity index (χ4v) is 4.34. The number of carbonyl (C=O) groups excluding carboxylic acids is 1. The predicted octanol–water partition coefficient (Wildman–Crippen LogP) is 2.43. The van der Waals surface area contributed by atoms with E-state index >= 15 is 0 Å². The van der Waals surface area contributed by atoms with E-state index in [1.54, 1.807) is 0 Å². The number of benzene rings is 1. The molecule has 1 saturated heterocycles. The van der Waals surface area contributed by atoms with Crippen molar-refractivity contribution in [1.29, 1.82) is 5.26 Å². The van der Waals surface area contributed by atoms with Crippen molar-refractivity contribution in [3.63, 3.8) is 0 Å². The number of hydrogen-bond acceptors (Lipinski definition) is 6. The van der Waals surface area contributed by atoms with Gasteiger partial charge in [0.1, 0.15) is 17.9 Å². The van der Waals surface area contributed by atoms with Gasteiger partial charge in [-0.2, -0.15) is 5.26 Å². The second-order valence-corrected chi connectivity index (χ2v) is 8.16. The Morgan fingerprint density at radius 2 is 2.13 bits per heavy atom. The molecule has 1 aliphatic rings. The number of anilines is 2. The van der Waals surface area contributed by atoms with Crippen LogP contribution in [-0.4, -0.2) is 49.2 Å². The van der Waals surface area contributed by atoms with Crippen LogP contribution in [0.25, 0.3) is 0 Å². The van der Waals surface area contributed by atoms with Crippen LogP contribution < -0.4 is 20.9 Å². The summed E-state index contributed by atoms with van der Waals surface area (Å²) in [7, 11) is 0. The molecular formula is C24H32N6O. The summed E-state index contributed by atoms with van der Waals surface area (Å²) in [6.07, 6.45) is 0.640. The molecule has 1 aromatic heterocycles. The molecular weight excluding hydrogens is 388 g/mol. The normalized spacial score (nSPS) is 18.1. The fourth-order valence-electron chi connectivity index (χ4n) is 4.34. The van der Waals surface area contributed by atoms with Crippen molar-refractivity contribution < 1.29 is 4.79 Å². The molecule has 0 aliphatic carbocycles. The van der Waals surface area contributed by atoms with E-state index in [2.05, 4.69) is 16.4 Å². The lowest BCUT2D eigenvalue weighted by molar-refractivity contribution is -0.119. The molecule has 3 rings (SSSR count). The number of carbonyl (C=O) groups is 1. The lowest BCUT2D eigenvalue weighted by Crippen LogP contribution is -2.46. The quantitative estimate of drug-likeness (QED) is 0.714. The zero-order valence-corrected chi connectivity index (χ0v) is 18.9. The number of nitrogens with one attached hydrogen (secondary N) is 1. The molecule has 2 aromatic rings. The number of hydrogen-bond donors (Lipinski definition) is 2. The van der Waals surface area contributed by atoms with E-state index in [0.29, 0.717) is 44.0 Å². The summed E-state index contributed by atoms with van der Waals surface area (Å²) in [4.78, 5) is 22.3. The highest BCUT2D eigenvalue weighted by Crippen LogP contribution is 2.31. The first-order chi connectivity index (χ1) is 14.9. The Bertz CT molecular complexity index is 983. The average Bonchev–Trinajstić information content (AvgIpc) is 3.16. The van der Waals surface area contributed by atoms with Gasteiger partial charge in [-0.15, -0.1) is 0 Å². The van der Waals surface area contributed by atoms with Crippen LogP contribution in [0.5, 0.6) is 0 Å². The molecule has 1 amide bonds. The van der Waals surface area contributed by atoms with Gasteiger partial charge in [0.05, 0.1) is 5.56 Å². The maximum Gasteiger partial charge on any atom is 0.249 e. The van der Waals surface area contributed by atoms with Crippen molar-refractivity contribution in [2.75, 3.05) is 36.0 Å². The van der Waals surface area contributed by atoms with Crippen LogP contribution in [0.1, 0.15) is 35.7 Å². The maximum atomic E-state index is 13.8. The van der Waals surface area contributed by atoms with Crippen LogP contribution in [0.15, 0.2) is 30.3 Å².